The number of pyridine rings is 1. The SMILES string of the molecule is CN1CCC(C(=O)N2C[C@@H](Cc3ccccn3)[C@H](O)C2)(c2ccccc2)CC1. The summed E-state index contributed by atoms with van der Waals surface area (Å²) in [6.07, 6.45) is 3.63. The van der Waals surface area contributed by atoms with Gasteiger partial charge in [0.25, 0.3) is 0 Å². The van der Waals surface area contributed by atoms with Crippen LogP contribution in [0.3, 0.4) is 0 Å². The lowest BCUT2D eigenvalue weighted by Crippen LogP contribution is -2.52. The van der Waals surface area contributed by atoms with Crippen LogP contribution < -0.4 is 0 Å². The van der Waals surface area contributed by atoms with Gasteiger partial charge in [0.1, 0.15) is 0 Å². The Hall–Kier alpha value is -2.24. The first-order valence-corrected chi connectivity index (χ1v) is 10.2. The molecule has 148 valence electrons. The number of likely N-dealkylation sites (tertiary alicyclic amines) is 2. The quantitative estimate of drug-likeness (QED) is 0.884. The number of β-amino-alcohol motifs (C(OH)–C–C–N with tert-alkyl or cyclic N) is 1. The van der Waals surface area contributed by atoms with Crippen molar-refractivity contribution in [1.29, 1.82) is 0 Å². The van der Waals surface area contributed by atoms with Crippen LogP contribution in [0.1, 0.15) is 24.1 Å². The summed E-state index contributed by atoms with van der Waals surface area (Å²) in [5.74, 6) is 0.215. The lowest BCUT2D eigenvalue weighted by Gasteiger charge is -2.42. The fourth-order valence-electron chi connectivity index (χ4n) is 4.69. The number of benzene rings is 1. The molecule has 1 aromatic heterocycles. The minimum atomic E-state index is -0.495. The maximum absolute atomic E-state index is 13.8. The summed E-state index contributed by atoms with van der Waals surface area (Å²) in [5, 5.41) is 10.6. The molecule has 2 aliphatic rings. The standard InChI is InChI=1S/C23H29N3O2/c1-25-13-10-23(11-14-25,19-7-3-2-4-8-19)22(28)26-16-18(21(27)17-26)15-20-9-5-6-12-24-20/h2-9,12,18,21,27H,10-11,13-17H2,1H3/t18-,21-/m1/s1. The molecule has 2 aliphatic heterocycles. The maximum Gasteiger partial charge on any atom is 0.233 e. The summed E-state index contributed by atoms with van der Waals surface area (Å²) in [7, 11) is 2.11. The molecule has 3 heterocycles. The van der Waals surface area contributed by atoms with E-state index in [1.807, 2.05) is 41.3 Å². The third-order valence-corrected chi connectivity index (χ3v) is 6.47. The number of hydrogen-bond donors (Lipinski definition) is 1. The van der Waals surface area contributed by atoms with Gasteiger partial charge in [0.05, 0.1) is 11.5 Å². The molecule has 0 unspecified atom stereocenters. The number of hydrogen-bond acceptors (Lipinski definition) is 4. The third-order valence-electron chi connectivity index (χ3n) is 6.47. The zero-order chi connectivity index (χ0) is 19.6. The van der Waals surface area contributed by atoms with Crippen molar-refractivity contribution < 1.29 is 9.90 Å². The van der Waals surface area contributed by atoms with Crippen molar-refractivity contribution in [2.45, 2.75) is 30.8 Å². The number of carbonyl (C=O) groups is 1. The van der Waals surface area contributed by atoms with Crippen LogP contribution in [0.5, 0.6) is 0 Å². The average Bonchev–Trinajstić information content (AvgIpc) is 3.10. The number of piperidine rings is 1. The number of amides is 1. The van der Waals surface area contributed by atoms with Crippen LogP contribution in [0, 0.1) is 5.92 Å². The van der Waals surface area contributed by atoms with Gasteiger partial charge in [0.15, 0.2) is 0 Å². The molecule has 0 radical (unpaired) electrons. The first-order chi connectivity index (χ1) is 13.6. The molecular formula is C23H29N3O2. The lowest BCUT2D eigenvalue weighted by atomic mass is 9.71. The van der Waals surface area contributed by atoms with Gasteiger partial charge in [-0.15, -0.1) is 0 Å². The Labute approximate surface area is 167 Å². The second kappa shape index (κ2) is 8.02. The number of aliphatic hydroxyl groups is 1. The molecule has 1 N–H and O–H groups in total. The Morgan fingerprint density at radius 1 is 1.11 bits per heavy atom. The van der Waals surface area contributed by atoms with Gasteiger partial charge in [-0.2, -0.15) is 0 Å². The minimum absolute atomic E-state index is 0.0398. The average molecular weight is 380 g/mol. The molecule has 2 saturated heterocycles. The highest BCUT2D eigenvalue weighted by Gasteiger charge is 2.47. The highest BCUT2D eigenvalue weighted by Crippen LogP contribution is 2.38. The molecule has 2 fully saturated rings. The van der Waals surface area contributed by atoms with E-state index in [-0.39, 0.29) is 11.8 Å². The second-order valence-corrected chi connectivity index (χ2v) is 8.31. The first-order valence-electron chi connectivity index (χ1n) is 10.2. The smallest absolute Gasteiger partial charge is 0.233 e. The Morgan fingerprint density at radius 2 is 1.82 bits per heavy atom. The van der Waals surface area contributed by atoms with Crippen molar-refractivity contribution in [2.24, 2.45) is 5.92 Å². The second-order valence-electron chi connectivity index (χ2n) is 8.31. The van der Waals surface area contributed by atoms with Crippen molar-refractivity contribution in [1.82, 2.24) is 14.8 Å². The normalized spacial score (nSPS) is 25.0. The summed E-state index contributed by atoms with van der Waals surface area (Å²) in [4.78, 5) is 22.3. The van der Waals surface area contributed by atoms with E-state index < -0.39 is 11.5 Å². The molecule has 5 nitrogen and oxygen atoms in total. The zero-order valence-corrected chi connectivity index (χ0v) is 16.5. The molecule has 2 atom stereocenters. The molecule has 28 heavy (non-hydrogen) atoms. The van der Waals surface area contributed by atoms with Crippen LogP contribution in [-0.4, -0.2) is 65.1 Å². The highest BCUT2D eigenvalue weighted by molar-refractivity contribution is 5.88. The number of rotatable bonds is 4. The van der Waals surface area contributed by atoms with E-state index in [2.05, 4.69) is 29.1 Å². The number of aliphatic hydroxyl groups excluding tert-OH is 1. The molecule has 1 amide bonds. The van der Waals surface area contributed by atoms with E-state index in [0.29, 0.717) is 19.5 Å². The van der Waals surface area contributed by atoms with Crippen molar-refractivity contribution in [3.8, 4) is 0 Å². The van der Waals surface area contributed by atoms with Crippen LogP contribution in [0.2, 0.25) is 0 Å². The molecule has 4 rings (SSSR count). The van der Waals surface area contributed by atoms with Gasteiger partial charge in [-0.05, 0) is 57.1 Å². The summed E-state index contributed by atoms with van der Waals surface area (Å²) < 4.78 is 0. The van der Waals surface area contributed by atoms with Gasteiger partial charge in [-0.3, -0.25) is 9.78 Å². The number of aromatic nitrogens is 1. The van der Waals surface area contributed by atoms with Gasteiger partial charge in [-0.1, -0.05) is 36.4 Å². The number of carbonyl (C=O) groups excluding carboxylic acids is 1. The molecule has 0 aliphatic carbocycles. The molecular weight excluding hydrogens is 350 g/mol. The summed E-state index contributed by atoms with van der Waals surface area (Å²) in [5.41, 5.74) is 1.60. The predicted molar refractivity (Wildman–Crippen MR) is 109 cm³/mol. The summed E-state index contributed by atoms with van der Waals surface area (Å²) in [6, 6.07) is 16.1. The van der Waals surface area contributed by atoms with Gasteiger partial charge in [0, 0.05) is 30.9 Å². The Kier molecular flexibility index (Phi) is 5.47. The zero-order valence-electron chi connectivity index (χ0n) is 16.5. The largest absolute Gasteiger partial charge is 0.391 e. The monoisotopic (exact) mass is 379 g/mol. The van der Waals surface area contributed by atoms with E-state index >= 15 is 0 Å². The number of nitrogens with zero attached hydrogens (tertiary/aromatic N) is 3. The fraction of sp³-hybridized carbons (Fsp3) is 0.478. The van der Waals surface area contributed by atoms with Gasteiger partial charge < -0.3 is 14.9 Å². The molecule has 5 heteroatoms. The highest BCUT2D eigenvalue weighted by atomic mass is 16.3. The van der Waals surface area contributed by atoms with Crippen LogP contribution in [0.4, 0.5) is 0 Å². The Bertz CT molecular complexity index is 788. The van der Waals surface area contributed by atoms with Gasteiger partial charge in [0.2, 0.25) is 5.91 Å². The van der Waals surface area contributed by atoms with E-state index in [1.165, 1.54) is 0 Å². The van der Waals surface area contributed by atoms with Gasteiger partial charge >= 0.3 is 0 Å². The summed E-state index contributed by atoms with van der Waals surface area (Å²) >= 11 is 0. The minimum Gasteiger partial charge on any atom is -0.391 e. The van der Waals surface area contributed by atoms with E-state index in [4.69, 9.17) is 0 Å². The molecule has 2 aromatic rings. The first kappa shape index (κ1) is 19.1. The van der Waals surface area contributed by atoms with Crippen LogP contribution in [-0.2, 0) is 16.6 Å². The van der Waals surface area contributed by atoms with Crippen LogP contribution in [0.15, 0.2) is 54.7 Å². The molecule has 1 aromatic carbocycles. The Balaban J connectivity index is 1.54. The topological polar surface area (TPSA) is 56.7 Å². The van der Waals surface area contributed by atoms with E-state index in [9.17, 15) is 9.90 Å². The lowest BCUT2D eigenvalue weighted by molar-refractivity contribution is -0.138. The maximum atomic E-state index is 13.8. The molecule has 0 spiro atoms. The molecule has 0 bridgehead atoms. The molecule has 0 saturated carbocycles. The van der Waals surface area contributed by atoms with Crippen molar-refractivity contribution >= 4 is 5.91 Å². The van der Waals surface area contributed by atoms with Crippen LogP contribution >= 0.6 is 0 Å². The third kappa shape index (κ3) is 3.69. The Morgan fingerprint density at radius 3 is 2.50 bits per heavy atom. The summed E-state index contributed by atoms with van der Waals surface area (Å²) in [6.45, 7) is 2.84. The van der Waals surface area contributed by atoms with Gasteiger partial charge in [-0.25, -0.2) is 0 Å². The van der Waals surface area contributed by atoms with E-state index in [1.54, 1.807) is 6.20 Å². The fourth-order valence-corrected chi connectivity index (χ4v) is 4.69. The van der Waals surface area contributed by atoms with Crippen molar-refractivity contribution in [3.05, 3.63) is 66.0 Å². The predicted octanol–water partition coefficient (Wildman–Crippen LogP) is 2.11. The van der Waals surface area contributed by atoms with E-state index in [0.717, 1.165) is 37.2 Å². The van der Waals surface area contributed by atoms with Crippen LogP contribution in [0.25, 0.3) is 0 Å². The van der Waals surface area contributed by atoms with Crippen molar-refractivity contribution in [3.63, 3.8) is 0 Å². The van der Waals surface area contributed by atoms with Crippen molar-refractivity contribution in [2.75, 3.05) is 33.2 Å².